The van der Waals surface area contributed by atoms with Crippen LogP contribution in [-0.4, -0.2) is 35.1 Å². The molecular weight excluding hydrogens is 318 g/mol. The fraction of sp³-hybridized carbons (Fsp3) is 0.200. The van der Waals surface area contributed by atoms with Crippen molar-refractivity contribution in [2.75, 3.05) is 19.0 Å². The van der Waals surface area contributed by atoms with Gasteiger partial charge in [-0.25, -0.2) is 4.79 Å². The number of non-ortho nitro benzene ring substituents is 1. The minimum absolute atomic E-state index is 0.117. The highest BCUT2D eigenvalue weighted by atomic mass is 16.6. The molecule has 0 saturated heterocycles. The van der Waals surface area contributed by atoms with E-state index in [0.29, 0.717) is 5.69 Å². The molecule has 0 atom stereocenters. The molecule has 0 unspecified atom stereocenters. The summed E-state index contributed by atoms with van der Waals surface area (Å²) in [7, 11) is 3.04. The number of nitro benzene ring substituents is 1. The Bertz CT molecular complexity index is 783. The molecule has 0 radical (unpaired) electrons. The van der Waals surface area contributed by atoms with E-state index >= 15 is 0 Å². The Kier molecular flexibility index (Phi) is 5.15. The zero-order valence-electron chi connectivity index (χ0n) is 13.0. The number of aryl methyl sites for hydroxylation is 1. The molecule has 2 aromatic rings. The minimum atomic E-state index is -0.649. The molecule has 0 spiro atoms. The maximum Gasteiger partial charge on any atom is 0.355 e. The molecule has 1 N–H and O–H groups in total. The van der Waals surface area contributed by atoms with Crippen LogP contribution in [-0.2, 0) is 16.6 Å². The van der Waals surface area contributed by atoms with Crippen LogP contribution in [0.25, 0.3) is 0 Å². The second kappa shape index (κ2) is 7.27. The second-order valence-corrected chi connectivity index (χ2v) is 4.77. The van der Waals surface area contributed by atoms with Crippen molar-refractivity contribution in [3.8, 4) is 5.75 Å². The molecule has 0 fully saturated rings. The van der Waals surface area contributed by atoms with Crippen molar-refractivity contribution in [1.82, 2.24) is 4.57 Å². The first-order chi connectivity index (χ1) is 11.4. The quantitative estimate of drug-likeness (QED) is 0.489. The molecule has 1 amide bonds. The van der Waals surface area contributed by atoms with E-state index in [4.69, 9.17) is 9.47 Å². The molecule has 126 valence electrons. The van der Waals surface area contributed by atoms with E-state index in [0.717, 1.165) is 6.07 Å². The summed E-state index contributed by atoms with van der Waals surface area (Å²) in [6, 6.07) is 7.01. The van der Waals surface area contributed by atoms with Gasteiger partial charge in [0.15, 0.2) is 6.61 Å². The van der Waals surface area contributed by atoms with Crippen LogP contribution in [0, 0.1) is 10.1 Å². The van der Waals surface area contributed by atoms with Gasteiger partial charge >= 0.3 is 5.97 Å². The second-order valence-electron chi connectivity index (χ2n) is 4.77. The summed E-state index contributed by atoms with van der Waals surface area (Å²) in [4.78, 5) is 33.9. The highest BCUT2D eigenvalue weighted by Crippen LogP contribution is 2.28. The van der Waals surface area contributed by atoms with Crippen molar-refractivity contribution in [3.63, 3.8) is 0 Å². The summed E-state index contributed by atoms with van der Waals surface area (Å²) in [6.07, 6.45) is 1.67. The van der Waals surface area contributed by atoms with Crippen LogP contribution in [0.15, 0.2) is 36.5 Å². The average Bonchev–Trinajstić information content (AvgIpc) is 2.98. The summed E-state index contributed by atoms with van der Waals surface area (Å²) in [5.74, 6) is -1.04. The summed E-state index contributed by atoms with van der Waals surface area (Å²) in [6.45, 7) is -0.532. The number of carbonyl (C=O) groups is 2. The van der Waals surface area contributed by atoms with Crippen LogP contribution in [0.5, 0.6) is 5.75 Å². The fourth-order valence-corrected chi connectivity index (χ4v) is 1.97. The number of hydrogen-bond acceptors (Lipinski definition) is 6. The molecular formula is C15H15N3O6. The predicted molar refractivity (Wildman–Crippen MR) is 84.0 cm³/mol. The van der Waals surface area contributed by atoms with Crippen LogP contribution in [0.3, 0.4) is 0 Å². The third-order valence-corrected chi connectivity index (χ3v) is 3.16. The van der Waals surface area contributed by atoms with Crippen LogP contribution in [0.1, 0.15) is 10.5 Å². The number of benzene rings is 1. The average molecular weight is 333 g/mol. The van der Waals surface area contributed by atoms with Gasteiger partial charge in [0.1, 0.15) is 11.4 Å². The van der Waals surface area contributed by atoms with E-state index in [9.17, 15) is 19.7 Å². The number of nitrogens with zero attached hydrogens (tertiary/aromatic N) is 2. The van der Waals surface area contributed by atoms with E-state index in [1.807, 2.05) is 0 Å². The van der Waals surface area contributed by atoms with Crippen LogP contribution < -0.4 is 10.1 Å². The molecule has 1 aromatic heterocycles. The van der Waals surface area contributed by atoms with Gasteiger partial charge < -0.3 is 19.4 Å². The van der Waals surface area contributed by atoms with Gasteiger partial charge in [0, 0.05) is 25.4 Å². The highest BCUT2D eigenvalue weighted by Gasteiger charge is 2.16. The molecule has 1 heterocycles. The monoisotopic (exact) mass is 333 g/mol. The third kappa shape index (κ3) is 3.88. The van der Waals surface area contributed by atoms with Crippen molar-refractivity contribution in [3.05, 3.63) is 52.3 Å². The zero-order chi connectivity index (χ0) is 17.7. The number of ether oxygens (including phenoxy) is 2. The van der Waals surface area contributed by atoms with Gasteiger partial charge in [-0.05, 0) is 18.2 Å². The van der Waals surface area contributed by atoms with Gasteiger partial charge in [-0.2, -0.15) is 0 Å². The van der Waals surface area contributed by atoms with Crippen molar-refractivity contribution < 1.29 is 24.0 Å². The number of rotatable bonds is 6. The van der Waals surface area contributed by atoms with Crippen LogP contribution in [0.4, 0.5) is 11.4 Å². The molecule has 0 aliphatic carbocycles. The Morgan fingerprint density at radius 3 is 2.67 bits per heavy atom. The Balaban J connectivity index is 2.02. The zero-order valence-corrected chi connectivity index (χ0v) is 13.0. The number of nitrogens with one attached hydrogen (secondary N) is 1. The van der Waals surface area contributed by atoms with E-state index in [-0.39, 0.29) is 17.1 Å². The molecule has 1 aromatic carbocycles. The van der Waals surface area contributed by atoms with Crippen molar-refractivity contribution in [2.45, 2.75) is 0 Å². The standard InChI is InChI=1S/C15H15N3O6/c1-17-7-3-4-12(17)15(20)24-9-14(19)16-11-8-10(18(21)22)5-6-13(11)23-2/h3-8H,9H2,1-2H3,(H,16,19). The van der Waals surface area contributed by atoms with Gasteiger partial charge in [-0.3, -0.25) is 14.9 Å². The fourth-order valence-electron chi connectivity index (χ4n) is 1.97. The number of methoxy groups -OCH3 is 1. The van der Waals surface area contributed by atoms with Gasteiger partial charge in [0.2, 0.25) is 0 Å². The largest absolute Gasteiger partial charge is 0.495 e. The minimum Gasteiger partial charge on any atom is -0.495 e. The van der Waals surface area contributed by atoms with Crippen molar-refractivity contribution >= 4 is 23.3 Å². The van der Waals surface area contributed by atoms with Crippen molar-refractivity contribution in [2.24, 2.45) is 7.05 Å². The first-order valence-corrected chi connectivity index (χ1v) is 6.83. The number of carbonyl (C=O) groups excluding carboxylic acids is 2. The van der Waals surface area contributed by atoms with Crippen LogP contribution in [0.2, 0.25) is 0 Å². The van der Waals surface area contributed by atoms with Gasteiger partial charge in [-0.15, -0.1) is 0 Å². The lowest BCUT2D eigenvalue weighted by atomic mass is 10.2. The molecule has 0 bridgehead atoms. The number of aromatic nitrogens is 1. The number of amides is 1. The summed E-state index contributed by atoms with van der Waals surface area (Å²) in [5.41, 5.74) is 0.217. The molecule has 24 heavy (non-hydrogen) atoms. The number of nitro groups is 1. The van der Waals surface area contributed by atoms with Crippen molar-refractivity contribution in [1.29, 1.82) is 0 Å². The van der Waals surface area contributed by atoms with E-state index < -0.39 is 23.4 Å². The predicted octanol–water partition coefficient (Wildman–Crippen LogP) is 1.74. The molecule has 9 heteroatoms. The van der Waals surface area contributed by atoms with E-state index in [2.05, 4.69) is 5.32 Å². The third-order valence-electron chi connectivity index (χ3n) is 3.16. The molecule has 0 aliphatic rings. The molecule has 0 aliphatic heterocycles. The Morgan fingerprint density at radius 1 is 1.33 bits per heavy atom. The number of anilines is 1. The van der Waals surface area contributed by atoms with Gasteiger partial charge in [0.05, 0.1) is 17.7 Å². The lowest BCUT2D eigenvalue weighted by Crippen LogP contribution is -2.22. The first-order valence-electron chi connectivity index (χ1n) is 6.83. The van der Waals surface area contributed by atoms with Crippen LogP contribution >= 0.6 is 0 Å². The highest BCUT2D eigenvalue weighted by molar-refractivity contribution is 5.96. The Hall–Kier alpha value is -3.36. The summed E-state index contributed by atoms with van der Waals surface area (Å²) >= 11 is 0. The van der Waals surface area contributed by atoms with E-state index in [1.165, 1.54) is 19.2 Å². The normalized spacial score (nSPS) is 10.1. The SMILES string of the molecule is COc1ccc([N+](=O)[O-])cc1NC(=O)COC(=O)c1cccn1C. The molecule has 9 nitrogen and oxygen atoms in total. The lowest BCUT2D eigenvalue weighted by molar-refractivity contribution is -0.384. The number of hydrogen-bond donors (Lipinski definition) is 1. The maximum absolute atomic E-state index is 11.9. The summed E-state index contributed by atoms with van der Waals surface area (Å²) in [5, 5.41) is 13.2. The lowest BCUT2D eigenvalue weighted by Gasteiger charge is -2.10. The Morgan fingerprint density at radius 2 is 2.08 bits per heavy atom. The van der Waals surface area contributed by atoms with E-state index in [1.54, 1.807) is 29.9 Å². The maximum atomic E-state index is 11.9. The van der Waals surface area contributed by atoms with Gasteiger partial charge in [0.25, 0.3) is 11.6 Å². The molecule has 0 saturated carbocycles. The molecule has 2 rings (SSSR count). The Labute approximate surface area is 136 Å². The van der Waals surface area contributed by atoms with Gasteiger partial charge in [-0.1, -0.05) is 0 Å². The smallest absolute Gasteiger partial charge is 0.355 e. The number of esters is 1. The first kappa shape index (κ1) is 17.0. The summed E-state index contributed by atoms with van der Waals surface area (Å²) < 4.78 is 11.5. The topological polar surface area (TPSA) is 113 Å².